The summed E-state index contributed by atoms with van der Waals surface area (Å²) in [6, 6.07) is 17.3. The van der Waals surface area contributed by atoms with Gasteiger partial charge in [0.25, 0.3) is 17.1 Å². The first-order valence-electron chi connectivity index (χ1n) is 33.5. The molecule has 113 heavy (non-hydrogen) atoms. The molecule has 0 aliphatic heterocycles. The maximum absolute atomic E-state index is 11.8. The zero-order valence-electron chi connectivity index (χ0n) is 66.0. The second-order valence-corrected chi connectivity index (χ2v) is 28.6. The first kappa shape index (κ1) is 107. The second-order valence-electron chi connectivity index (χ2n) is 28.6. The lowest BCUT2D eigenvalue weighted by Crippen LogP contribution is -2.40. The number of non-ortho nitro benzene ring substituents is 3. The predicted octanol–water partition coefficient (Wildman–Crippen LogP) is 13.9. The van der Waals surface area contributed by atoms with Gasteiger partial charge in [-0.2, -0.15) is 74.4 Å². The summed E-state index contributed by atoms with van der Waals surface area (Å²) in [6.07, 6.45) is 11.7. The Morgan fingerprint density at radius 3 is 0.885 bits per heavy atom. The number of phenolic OH excluding ortho intramolecular Hbond substituents is 1. The summed E-state index contributed by atoms with van der Waals surface area (Å²) in [5.41, 5.74) is 9.96. The molecule has 39 heteroatoms. The molecule has 0 saturated heterocycles. The maximum Gasteiger partial charge on any atom is 0.407 e. The third kappa shape index (κ3) is 42.0. The lowest BCUT2D eigenvalue weighted by Gasteiger charge is -2.22. The number of carbonyl (C=O) groups excluding carboxylic acids is 4. The number of nitro benzene ring substituents is 3. The molecule has 0 aliphatic carbocycles. The second kappa shape index (κ2) is 48.3. The molecule has 4 heterocycles. The number of anilines is 1. The predicted molar refractivity (Wildman–Crippen MR) is 455 cm³/mol. The quantitative estimate of drug-likeness (QED) is 0.0152. The summed E-state index contributed by atoms with van der Waals surface area (Å²) >= 11 is 0. The fraction of sp³-hybridized carbons (Fsp3) is 0.459. The molecule has 630 valence electrons. The van der Waals surface area contributed by atoms with E-state index in [1.165, 1.54) is 36.4 Å². The van der Waals surface area contributed by atoms with Crippen LogP contribution in [0.3, 0.4) is 0 Å². The van der Waals surface area contributed by atoms with Crippen molar-refractivity contribution in [2.45, 2.75) is 172 Å². The number of hydrogen-bond acceptors (Lipinski definition) is 24. The number of hydrogen-bond donors (Lipinski definition) is 7. The number of aryl methyl sites for hydroxylation is 4. The van der Waals surface area contributed by atoms with Gasteiger partial charge in [0.1, 0.15) is 65.2 Å². The highest BCUT2D eigenvalue weighted by Gasteiger charge is 2.24. The van der Waals surface area contributed by atoms with Gasteiger partial charge >= 0.3 is 24.4 Å². The molecule has 8 rings (SSSR count). The Hall–Kier alpha value is -10.6. The first-order chi connectivity index (χ1) is 49.6. The molecule has 4 aromatic carbocycles. The van der Waals surface area contributed by atoms with Crippen molar-refractivity contribution in [2.75, 3.05) is 32.2 Å². The van der Waals surface area contributed by atoms with Crippen LogP contribution in [-0.4, -0.2) is 161 Å². The summed E-state index contributed by atoms with van der Waals surface area (Å²) in [5.74, 6) is 1.17. The van der Waals surface area contributed by atoms with Crippen LogP contribution in [0.25, 0.3) is 44.5 Å². The van der Waals surface area contributed by atoms with Gasteiger partial charge in [0, 0.05) is 105 Å². The number of nitrogens with two attached hydrogens (primary N) is 1. The number of benzene rings is 4. The van der Waals surface area contributed by atoms with Crippen molar-refractivity contribution >= 4 is 101 Å². The Labute approximate surface area is 687 Å². The van der Waals surface area contributed by atoms with Crippen LogP contribution in [-0.2, 0) is 47.1 Å². The van der Waals surface area contributed by atoms with Gasteiger partial charge in [-0.25, -0.2) is 19.2 Å². The van der Waals surface area contributed by atoms with E-state index in [4.69, 9.17) is 44.0 Å². The number of rotatable bonds is 21. The Kier molecular flexibility index (Phi) is 45.5. The number of nitrogens with zero attached hydrogens (tertiary/aromatic N) is 11. The zero-order valence-corrected chi connectivity index (χ0v) is 70.0. The van der Waals surface area contributed by atoms with Gasteiger partial charge in [-0.3, -0.25) is 49.1 Å². The van der Waals surface area contributed by atoms with Crippen LogP contribution in [0.2, 0.25) is 0 Å². The molecule has 35 nitrogen and oxygen atoms in total. The van der Waals surface area contributed by atoms with E-state index in [9.17, 15) is 54.6 Å². The van der Waals surface area contributed by atoms with Crippen molar-refractivity contribution in [1.82, 2.24) is 60.4 Å². The van der Waals surface area contributed by atoms with E-state index in [-0.39, 0.29) is 136 Å². The topological polar surface area (TPSA) is 448 Å². The van der Waals surface area contributed by atoms with Crippen molar-refractivity contribution in [3.8, 4) is 67.5 Å². The molecule has 4 aromatic heterocycles. The Morgan fingerprint density at radius 2 is 0.646 bits per heavy atom. The van der Waals surface area contributed by atoms with E-state index in [0.29, 0.717) is 46.2 Å². The number of aliphatic hydroxyl groups excluding tert-OH is 1. The minimum Gasteiger partial charge on any atom is -0.508 e. The standard InChI is InChI=1S/2C18H24N4O5.C18H26N4O3.C10H9N3O3.C8H17NO3.2CH4.4H2S/c2*1-12(20-17(23)27-18(2,3)4)11-26-16-7-13(6-15(8-16)22(24)25)14-9-19-21(5)10-14;1-12(21-17(23)25-18(2,3)4)11-24-16-7-13(6-15(19)8-16)14-9-20-22(5)10-14;1-12-6-8(5-11-12)7-2-9(13(15)16)4-10(14)3-7;1-6(5-10)9-7(11)12-8(2,3)4;;;;;;/h2*6-10,12H,11H2,1-5H3,(H,20,23);6-10,12H,11,19H2,1-5H3,(H,21,23);2-6,14H,1H3;6,10H,5H2,1-4H3,(H,9,11);2*1H4;4*1H2/t3*12-;;6-;;;;;;/m000.0....../s1. The van der Waals surface area contributed by atoms with E-state index in [1.807, 2.05) is 53.1 Å². The third-order valence-corrected chi connectivity index (χ3v) is 13.2. The van der Waals surface area contributed by atoms with E-state index in [0.717, 1.165) is 33.9 Å². The van der Waals surface area contributed by atoms with E-state index < -0.39 is 61.5 Å². The first-order valence-corrected chi connectivity index (χ1v) is 33.5. The normalized spacial score (nSPS) is 11.6. The van der Waals surface area contributed by atoms with Crippen molar-refractivity contribution < 1.29 is 77.3 Å². The average molecular weight is 1660 g/mol. The van der Waals surface area contributed by atoms with Crippen LogP contribution in [0.1, 0.15) is 126 Å². The Bertz CT molecular complexity index is 4160. The number of aromatic hydroxyl groups is 1. The monoisotopic (exact) mass is 1660 g/mol. The SMILES string of the molecule is C.C.C[C@@H](CO)NC(=O)OC(C)(C)C.C[C@@H](COc1cc(-c2cnn(C)c2)cc([N+](=O)[O-])c1)NC(=O)OC(C)(C)C.C[C@@H](COc1cc(-c2cnn(C)c2)cc([N+](=O)[O-])c1)NC(=O)OC(C)(C)C.C[C@@H](COc1cc(N)cc(-c2cnn(C)c2)c1)NC(=O)OC(C)(C)C.Cn1cc(-c2cc(O)cc([N+](=O)[O-])c2)cn1.S.S.S.S. The number of aromatic nitrogens is 8. The number of nitrogens with one attached hydrogen (secondary N) is 4. The van der Waals surface area contributed by atoms with E-state index in [1.54, 1.807) is 185 Å². The average Bonchev–Trinajstić information content (AvgIpc) is 1.82. The fourth-order valence-electron chi connectivity index (χ4n) is 8.77. The van der Waals surface area contributed by atoms with E-state index in [2.05, 4.69) is 41.7 Å². The van der Waals surface area contributed by atoms with E-state index >= 15 is 0 Å². The van der Waals surface area contributed by atoms with Crippen LogP contribution >= 0.6 is 54.0 Å². The molecular formula is C74H116N16O19S4. The Balaban J connectivity index is -0.00000135. The number of amides is 4. The molecule has 0 saturated carbocycles. The van der Waals surface area contributed by atoms with Gasteiger partial charge in [0.05, 0.1) is 88.5 Å². The van der Waals surface area contributed by atoms with Crippen LogP contribution in [0.15, 0.2) is 122 Å². The molecule has 8 N–H and O–H groups in total. The smallest absolute Gasteiger partial charge is 0.407 e. The highest BCUT2D eigenvalue weighted by Crippen LogP contribution is 2.33. The molecule has 0 unspecified atom stereocenters. The van der Waals surface area contributed by atoms with Crippen LogP contribution in [0.5, 0.6) is 23.0 Å². The molecular weight excluding hydrogens is 1550 g/mol. The highest BCUT2D eigenvalue weighted by molar-refractivity contribution is 7.59. The molecule has 8 aromatic rings. The minimum absolute atomic E-state index is 0. The lowest BCUT2D eigenvalue weighted by molar-refractivity contribution is -0.385. The Morgan fingerprint density at radius 1 is 0.407 bits per heavy atom. The third-order valence-electron chi connectivity index (χ3n) is 13.2. The maximum atomic E-state index is 11.8. The molecule has 0 bridgehead atoms. The van der Waals surface area contributed by atoms with Gasteiger partial charge in [-0.15, -0.1) is 0 Å². The number of nitro groups is 3. The number of alkyl carbamates (subject to hydrolysis) is 4. The number of aliphatic hydroxyl groups is 1. The van der Waals surface area contributed by atoms with Crippen LogP contribution in [0.4, 0.5) is 41.9 Å². The molecule has 0 aliphatic rings. The number of phenols is 1. The number of ether oxygens (including phenoxy) is 7. The van der Waals surface area contributed by atoms with Crippen LogP contribution < -0.4 is 41.2 Å². The highest BCUT2D eigenvalue weighted by atomic mass is 32.1. The van der Waals surface area contributed by atoms with Crippen molar-refractivity contribution in [2.24, 2.45) is 28.2 Å². The lowest BCUT2D eigenvalue weighted by atomic mass is 10.1. The van der Waals surface area contributed by atoms with Gasteiger partial charge in [0.15, 0.2) is 0 Å². The number of nitrogen functional groups attached to an aromatic ring is 1. The summed E-state index contributed by atoms with van der Waals surface area (Å²) in [6.45, 7) is 29.0. The zero-order chi connectivity index (χ0) is 80.5. The minimum atomic E-state index is -0.594. The molecule has 0 radical (unpaired) electrons. The summed E-state index contributed by atoms with van der Waals surface area (Å²) in [7, 11) is 7.14. The van der Waals surface area contributed by atoms with Gasteiger partial charge in [0.2, 0.25) is 0 Å². The summed E-state index contributed by atoms with van der Waals surface area (Å²) in [5, 5.41) is 77.9. The largest absolute Gasteiger partial charge is 0.508 e. The van der Waals surface area contributed by atoms with Crippen molar-refractivity contribution in [3.63, 3.8) is 0 Å². The van der Waals surface area contributed by atoms with Gasteiger partial charge in [-0.1, -0.05) is 14.9 Å². The van der Waals surface area contributed by atoms with Crippen molar-refractivity contribution in [1.29, 1.82) is 0 Å². The van der Waals surface area contributed by atoms with Gasteiger partial charge in [-0.05, 0) is 163 Å². The van der Waals surface area contributed by atoms with Crippen LogP contribution in [0, 0.1) is 30.3 Å². The molecule has 0 spiro atoms. The van der Waals surface area contributed by atoms with Crippen molar-refractivity contribution in [3.05, 3.63) is 153 Å². The van der Waals surface area contributed by atoms with Gasteiger partial charge < -0.3 is 70.4 Å². The summed E-state index contributed by atoms with van der Waals surface area (Å²) < 4.78 is 44.2. The molecule has 0 fully saturated rings. The number of carbonyl (C=O) groups is 4. The molecule has 4 amide bonds. The molecule has 4 atom stereocenters. The fourth-order valence-corrected chi connectivity index (χ4v) is 8.77. The summed E-state index contributed by atoms with van der Waals surface area (Å²) in [4.78, 5) is 77.8.